The summed E-state index contributed by atoms with van der Waals surface area (Å²) >= 11 is 0. The highest BCUT2D eigenvalue weighted by Gasteiger charge is 2.30. The van der Waals surface area contributed by atoms with Gasteiger partial charge in [0.1, 0.15) is 0 Å². The monoisotopic (exact) mass is 409 g/mol. The molecule has 0 amide bonds. The van der Waals surface area contributed by atoms with Gasteiger partial charge in [0.05, 0.1) is 12.7 Å². The minimum Gasteiger partial charge on any atom is -0.343 e. The Hall–Kier alpha value is -0.710. The molecule has 0 spiro atoms. The molecule has 0 saturated carbocycles. The fraction of sp³-hybridized carbons (Fsp3) is 0.880. The number of nitrogens with zero attached hydrogens (tertiary/aromatic N) is 1. The zero-order valence-corrected chi connectivity index (χ0v) is 19.5. The Morgan fingerprint density at radius 2 is 1.48 bits per heavy atom. The third-order valence-corrected chi connectivity index (χ3v) is 5.60. The molecule has 1 fully saturated rings. The van der Waals surface area contributed by atoms with Crippen molar-refractivity contribution in [3.63, 3.8) is 0 Å². The molecule has 0 N–H and O–H groups in total. The minimum absolute atomic E-state index is 0.0699. The molecule has 1 aliphatic rings. The Morgan fingerprint density at radius 1 is 0.897 bits per heavy atom. The van der Waals surface area contributed by atoms with Crippen LogP contribution in [0.5, 0.6) is 0 Å². The van der Waals surface area contributed by atoms with E-state index in [1.165, 1.54) is 70.6 Å². The van der Waals surface area contributed by atoms with Gasteiger partial charge in [-0.15, -0.1) is 0 Å². The van der Waals surface area contributed by atoms with Crippen LogP contribution in [0.3, 0.4) is 0 Å². The molecule has 1 heterocycles. The van der Waals surface area contributed by atoms with Gasteiger partial charge < -0.3 is 14.4 Å². The van der Waals surface area contributed by atoms with E-state index in [0.717, 1.165) is 25.8 Å². The third-order valence-electron chi connectivity index (χ3n) is 5.60. The second-order valence-electron chi connectivity index (χ2n) is 8.82. The Morgan fingerprint density at radius 3 is 2.10 bits per heavy atom. The summed E-state index contributed by atoms with van der Waals surface area (Å²) in [7, 11) is 4.09. The Labute approximate surface area is 180 Å². The lowest BCUT2D eigenvalue weighted by atomic mass is 10.1. The summed E-state index contributed by atoms with van der Waals surface area (Å²) in [5, 5.41) is 0. The van der Waals surface area contributed by atoms with Crippen molar-refractivity contribution in [1.82, 2.24) is 4.90 Å². The SMILES string of the molecule is CCCCCCCC/C=C\CCCCCCCC(=O)C1OCC(CCN(C)C)O1. The van der Waals surface area contributed by atoms with Crippen molar-refractivity contribution in [2.75, 3.05) is 27.2 Å². The van der Waals surface area contributed by atoms with Crippen molar-refractivity contribution in [3.8, 4) is 0 Å². The van der Waals surface area contributed by atoms with Crippen molar-refractivity contribution in [2.24, 2.45) is 0 Å². The topological polar surface area (TPSA) is 38.8 Å². The number of ether oxygens (including phenoxy) is 2. The molecule has 29 heavy (non-hydrogen) atoms. The smallest absolute Gasteiger partial charge is 0.218 e. The molecule has 0 aromatic carbocycles. The summed E-state index contributed by atoms with van der Waals surface area (Å²) in [4.78, 5) is 14.3. The molecule has 2 atom stereocenters. The number of allylic oxidation sites excluding steroid dienone is 2. The number of hydrogen-bond acceptors (Lipinski definition) is 4. The quantitative estimate of drug-likeness (QED) is 0.186. The van der Waals surface area contributed by atoms with Crippen LogP contribution in [-0.4, -0.2) is 50.3 Å². The van der Waals surface area contributed by atoms with Gasteiger partial charge in [-0.05, 0) is 52.6 Å². The molecule has 0 bridgehead atoms. The van der Waals surface area contributed by atoms with Crippen LogP contribution in [0.1, 0.15) is 103 Å². The van der Waals surface area contributed by atoms with Crippen molar-refractivity contribution in [3.05, 3.63) is 12.2 Å². The Balaban J connectivity index is 1.87. The van der Waals surface area contributed by atoms with E-state index in [2.05, 4.69) is 24.0 Å². The van der Waals surface area contributed by atoms with Gasteiger partial charge in [0.2, 0.25) is 6.29 Å². The van der Waals surface area contributed by atoms with Crippen LogP contribution in [0.2, 0.25) is 0 Å². The van der Waals surface area contributed by atoms with Crippen LogP contribution in [0.15, 0.2) is 12.2 Å². The fourth-order valence-corrected chi connectivity index (χ4v) is 3.66. The van der Waals surface area contributed by atoms with Crippen LogP contribution < -0.4 is 0 Å². The number of carbonyl (C=O) groups is 1. The molecule has 0 aromatic rings. The molecule has 1 rings (SSSR count). The van der Waals surface area contributed by atoms with Gasteiger partial charge in [0.25, 0.3) is 0 Å². The van der Waals surface area contributed by atoms with Crippen molar-refractivity contribution in [2.45, 2.75) is 116 Å². The zero-order valence-electron chi connectivity index (χ0n) is 19.5. The third kappa shape index (κ3) is 14.8. The number of unbranched alkanes of at least 4 members (excludes halogenated alkanes) is 11. The molecular weight excluding hydrogens is 362 g/mol. The molecule has 0 aliphatic carbocycles. The first-order valence-corrected chi connectivity index (χ1v) is 12.2. The summed E-state index contributed by atoms with van der Waals surface area (Å²) in [5.74, 6) is 0.120. The highest BCUT2D eigenvalue weighted by Crippen LogP contribution is 2.18. The van der Waals surface area contributed by atoms with Gasteiger partial charge in [-0.2, -0.15) is 0 Å². The minimum atomic E-state index is -0.612. The van der Waals surface area contributed by atoms with Crippen LogP contribution in [0, 0.1) is 0 Å². The number of ketones is 1. The summed E-state index contributed by atoms with van der Waals surface area (Å²) in [6.45, 7) is 3.78. The molecule has 1 saturated heterocycles. The van der Waals surface area contributed by atoms with Gasteiger partial charge in [-0.25, -0.2) is 0 Å². The van der Waals surface area contributed by atoms with Gasteiger partial charge in [0.15, 0.2) is 5.78 Å². The van der Waals surface area contributed by atoms with Gasteiger partial charge in [0, 0.05) is 13.0 Å². The Kier molecular flexibility index (Phi) is 16.4. The first kappa shape index (κ1) is 26.3. The van der Waals surface area contributed by atoms with E-state index < -0.39 is 6.29 Å². The lowest BCUT2D eigenvalue weighted by Gasteiger charge is -2.13. The van der Waals surface area contributed by atoms with Crippen molar-refractivity contribution < 1.29 is 14.3 Å². The number of Topliss-reactive ketones (excluding diaryl/α,β-unsaturated/α-hetero) is 1. The maximum Gasteiger partial charge on any atom is 0.218 e. The van der Waals surface area contributed by atoms with Gasteiger partial charge >= 0.3 is 0 Å². The molecule has 1 aliphatic heterocycles. The normalized spacial score (nSPS) is 19.6. The van der Waals surface area contributed by atoms with E-state index in [1.54, 1.807) is 0 Å². The van der Waals surface area contributed by atoms with E-state index in [0.29, 0.717) is 13.0 Å². The maximum atomic E-state index is 12.2. The Bertz CT molecular complexity index is 422. The van der Waals surface area contributed by atoms with E-state index in [4.69, 9.17) is 9.47 Å². The second-order valence-corrected chi connectivity index (χ2v) is 8.82. The second kappa shape index (κ2) is 18.1. The van der Waals surface area contributed by atoms with E-state index in [-0.39, 0.29) is 11.9 Å². The standard InChI is InChI=1S/C25H47NO3/c1-4-5-6-7-8-9-10-11-12-13-14-15-16-17-18-19-24(27)25-28-22-23(29-25)20-21-26(2)3/h11-12,23,25H,4-10,13-22H2,1-3H3/b12-11-. The lowest BCUT2D eigenvalue weighted by Crippen LogP contribution is -2.24. The molecule has 0 aromatic heterocycles. The van der Waals surface area contributed by atoms with Gasteiger partial charge in [-0.3, -0.25) is 4.79 Å². The molecule has 170 valence electrons. The maximum absolute atomic E-state index is 12.2. The van der Waals surface area contributed by atoms with Crippen LogP contribution in [-0.2, 0) is 14.3 Å². The van der Waals surface area contributed by atoms with Crippen LogP contribution >= 0.6 is 0 Å². The molecule has 2 unspecified atom stereocenters. The largest absolute Gasteiger partial charge is 0.343 e. The zero-order chi connectivity index (χ0) is 21.2. The highest BCUT2D eigenvalue weighted by molar-refractivity contribution is 5.81. The highest BCUT2D eigenvalue weighted by atomic mass is 16.7. The summed E-state index contributed by atoms with van der Waals surface area (Å²) in [6, 6.07) is 0. The van der Waals surface area contributed by atoms with E-state index in [1.807, 2.05) is 14.1 Å². The molecule has 4 nitrogen and oxygen atoms in total. The van der Waals surface area contributed by atoms with E-state index in [9.17, 15) is 4.79 Å². The van der Waals surface area contributed by atoms with Crippen LogP contribution in [0.25, 0.3) is 0 Å². The summed E-state index contributed by atoms with van der Waals surface area (Å²) in [6.07, 6.45) is 22.2. The molecule has 4 heteroatoms. The first-order chi connectivity index (χ1) is 14.1. The average molecular weight is 410 g/mol. The first-order valence-electron chi connectivity index (χ1n) is 12.2. The van der Waals surface area contributed by atoms with Crippen LogP contribution in [0.4, 0.5) is 0 Å². The van der Waals surface area contributed by atoms with E-state index >= 15 is 0 Å². The summed E-state index contributed by atoms with van der Waals surface area (Å²) < 4.78 is 11.3. The average Bonchev–Trinajstić information content (AvgIpc) is 3.18. The predicted molar refractivity (Wildman–Crippen MR) is 122 cm³/mol. The fourth-order valence-electron chi connectivity index (χ4n) is 3.66. The summed E-state index contributed by atoms with van der Waals surface area (Å²) in [5.41, 5.74) is 0. The lowest BCUT2D eigenvalue weighted by molar-refractivity contribution is -0.146. The van der Waals surface area contributed by atoms with Crippen molar-refractivity contribution >= 4 is 5.78 Å². The molecular formula is C25H47NO3. The number of rotatable bonds is 19. The predicted octanol–water partition coefficient (Wildman–Crippen LogP) is 6.29. The van der Waals surface area contributed by atoms with Gasteiger partial charge in [-0.1, -0.05) is 70.4 Å². The number of carbonyl (C=O) groups excluding carboxylic acids is 1. The molecule has 0 radical (unpaired) electrons. The van der Waals surface area contributed by atoms with Crippen molar-refractivity contribution in [1.29, 1.82) is 0 Å². The number of hydrogen-bond donors (Lipinski definition) is 0.